The molecule has 0 N–H and O–H groups in total. The minimum atomic E-state index is 0.468. The maximum Gasteiger partial charge on any atom is 0.174 e. The van der Waals surface area contributed by atoms with Gasteiger partial charge in [0.2, 0.25) is 0 Å². The Morgan fingerprint density at radius 1 is 1.00 bits per heavy atom. The fourth-order valence-corrected chi connectivity index (χ4v) is 4.57. The van der Waals surface area contributed by atoms with Crippen molar-refractivity contribution in [2.24, 2.45) is 0 Å². The Balaban J connectivity index is 1.37. The highest BCUT2D eigenvalue weighted by Crippen LogP contribution is 2.30. The molecule has 1 saturated heterocycles. The fourth-order valence-electron chi connectivity index (χ4n) is 4.57. The molecule has 5 rings (SSSR count). The monoisotopic (exact) mass is 401 g/mol. The summed E-state index contributed by atoms with van der Waals surface area (Å²) < 4.78 is 4.33. The second-order valence-electron chi connectivity index (χ2n) is 8.03. The molecule has 0 atom stereocenters. The average Bonchev–Trinajstić information content (AvgIpc) is 3.33. The number of benzene rings is 1. The Bertz CT molecular complexity index is 1180. The van der Waals surface area contributed by atoms with Gasteiger partial charge in [0.15, 0.2) is 5.82 Å². The highest BCUT2D eigenvalue weighted by atomic mass is 15.3. The Morgan fingerprint density at radius 2 is 1.77 bits per heavy atom. The maximum absolute atomic E-state index is 4.86. The van der Waals surface area contributed by atoms with Gasteiger partial charge in [0, 0.05) is 31.2 Å². The van der Waals surface area contributed by atoms with E-state index in [9.17, 15) is 0 Å². The van der Waals surface area contributed by atoms with Gasteiger partial charge in [-0.1, -0.05) is 19.1 Å². The highest BCUT2D eigenvalue weighted by molar-refractivity contribution is 5.76. The van der Waals surface area contributed by atoms with Crippen LogP contribution < -0.4 is 4.90 Å². The van der Waals surface area contributed by atoms with Crippen molar-refractivity contribution in [1.82, 2.24) is 29.3 Å². The molecule has 154 valence electrons. The number of fused-ring (bicyclic) bond motifs is 1. The summed E-state index contributed by atoms with van der Waals surface area (Å²) in [5.41, 5.74) is 4.40. The summed E-state index contributed by atoms with van der Waals surface area (Å²) in [6.45, 7) is 8.13. The van der Waals surface area contributed by atoms with E-state index in [1.165, 1.54) is 11.3 Å². The number of para-hydroxylation sites is 2. The first-order valence-electron chi connectivity index (χ1n) is 10.7. The number of anilines is 1. The Hall–Kier alpha value is -3.22. The fraction of sp³-hybridized carbons (Fsp3) is 0.391. The summed E-state index contributed by atoms with van der Waals surface area (Å²) >= 11 is 0. The number of imidazole rings is 1. The van der Waals surface area contributed by atoms with Crippen LogP contribution in [-0.4, -0.2) is 42.4 Å². The van der Waals surface area contributed by atoms with E-state index >= 15 is 0 Å². The van der Waals surface area contributed by atoms with Crippen LogP contribution >= 0.6 is 0 Å². The molecule has 1 aliphatic rings. The van der Waals surface area contributed by atoms with Gasteiger partial charge in [-0.05, 0) is 44.9 Å². The molecule has 0 saturated carbocycles. The number of nitrogens with zero attached hydrogens (tertiary/aromatic N) is 7. The van der Waals surface area contributed by atoms with Gasteiger partial charge in [-0.2, -0.15) is 5.10 Å². The Morgan fingerprint density at radius 3 is 2.50 bits per heavy atom. The highest BCUT2D eigenvalue weighted by Gasteiger charge is 2.25. The lowest BCUT2D eigenvalue weighted by molar-refractivity contribution is 0.393. The zero-order valence-corrected chi connectivity index (χ0v) is 17.8. The van der Waals surface area contributed by atoms with Crippen molar-refractivity contribution in [2.75, 3.05) is 18.0 Å². The molecule has 1 aliphatic heterocycles. The van der Waals surface area contributed by atoms with E-state index in [1.807, 2.05) is 24.7 Å². The van der Waals surface area contributed by atoms with Gasteiger partial charge in [-0.25, -0.2) is 14.6 Å². The topological polar surface area (TPSA) is 64.7 Å². The first-order valence-corrected chi connectivity index (χ1v) is 10.7. The molecule has 0 bridgehead atoms. The van der Waals surface area contributed by atoms with Crippen molar-refractivity contribution in [3.8, 4) is 5.82 Å². The molecule has 0 spiro atoms. The quantitative estimate of drug-likeness (QED) is 0.516. The Labute approximate surface area is 176 Å². The SMILES string of the molecule is CCc1nc2ccccc2n1C1CCN(c2cncc(-n3nc(C)cc3C)n2)CC1. The van der Waals surface area contributed by atoms with Crippen molar-refractivity contribution >= 4 is 16.9 Å². The lowest BCUT2D eigenvalue weighted by Crippen LogP contribution is -2.35. The van der Waals surface area contributed by atoms with E-state index in [4.69, 9.17) is 9.97 Å². The predicted octanol–water partition coefficient (Wildman–Crippen LogP) is 4.03. The van der Waals surface area contributed by atoms with E-state index in [0.29, 0.717) is 6.04 Å². The molecule has 0 radical (unpaired) electrons. The molecular formula is C23H27N7. The van der Waals surface area contributed by atoms with Gasteiger partial charge in [-0.15, -0.1) is 0 Å². The third-order valence-corrected chi connectivity index (χ3v) is 5.97. The third kappa shape index (κ3) is 3.24. The smallest absolute Gasteiger partial charge is 0.174 e. The standard InChI is InChI=1S/C23H27N7/c1-4-21-25-19-7-5-6-8-20(19)29(21)18-9-11-28(12-10-18)22-14-24-15-23(26-22)30-17(3)13-16(2)27-30/h5-8,13-15,18H,4,9-12H2,1-3H3. The molecule has 7 nitrogen and oxygen atoms in total. The van der Waals surface area contributed by atoms with Crippen LogP contribution in [0.3, 0.4) is 0 Å². The Kier molecular flexibility index (Phi) is 4.73. The van der Waals surface area contributed by atoms with Crippen molar-refractivity contribution in [2.45, 2.75) is 46.1 Å². The normalized spacial score (nSPS) is 15.2. The van der Waals surface area contributed by atoms with Crippen LogP contribution in [0, 0.1) is 13.8 Å². The van der Waals surface area contributed by atoms with Gasteiger partial charge < -0.3 is 9.47 Å². The first kappa shape index (κ1) is 18.8. The number of aryl methyl sites for hydroxylation is 3. The summed E-state index contributed by atoms with van der Waals surface area (Å²) in [6, 6.07) is 11.0. The van der Waals surface area contributed by atoms with Crippen LogP contribution in [0.2, 0.25) is 0 Å². The number of hydrogen-bond donors (Lipinski definition) is 0. The summed E-state index contributed by atoms with van der Waals surface area (Å²) in [5.74, 6) is 2.87. The summed E-state index contributed by atoms with van der Waals surface area (Å²) in [7, 11) is 0. The third-order valence-electron chi connectivity index (χ3n) is 5.97. The molecule has 1 fully saturated rings. The minimum absolute atomic E-state index is 0.468. The number of hydrogen-bond acceptors (Lipinski definition) is 5. The predicted molar refractivity (Wildman–Crippen MR) is 118 cm³/mol. The van der Waals surface area contributed by atoms with Crippen LogP contribution in [-0.2, 0) is 6.42 Å². The zero-order chi connectivity index (χ0) is 20.7. The molecule has 4 aromatic rings. The molecule has 0 amide bonds. The molecule has 0 unspecified atom stereocenters. The maximum atomic E-state index is 4.86. The zero-order valence-electron chi connectivity index (χ0n) is 17.8. The number of aromatic nitrogens is 6. The van der Waals surface area contributed by atoms with Crippen molar-refractivity contribution in [3.63, 3.8) is 0 Å². The number of rotatable bonds is 4. The van der Waals surface area contributed by atoms with E-state index in [0.717, 1.165) is 60.9 Å². The van der Waals surface area contributed by atoms with Gasteiger partial charge in [-0.3, -0.25) is 4.98 Å². The summed E-state index contributed by atoms with van der Waals surface area (Å²) in [4.78, 5) is 16.5. The number of piperidine rings is 1. The molecule has 30 heavy (non-hydrogen) atoms. The van der Waals surface area contributed by atoms with Crippen LogP contribution in [0.25, 0.3) is 16.9 Å². The summed E-state index contributed by atoms with van der Waals surface area (Å²) in [6.07, 6.45) is 6.73. The molecule has 3 aromatic heterocycles. The van der Waals surface area contributed by atoms with Gasteiger partial charge in [0.05, 0.1) is 29.1 Å². The lowest BCUT2D eigenvalue weighted by atomic mass is 10.0. The molecule has 7 heteroatoms. The van der Waals surface area contributed by atoms with Gasteiger partial charge in [0.25, 0.3) is 0 Å². The van der Waals surface area contributed by atoms with Crippen LogP contribution in [0.1, 0.15) is 43.0 Å². The second kappa shape index (κ2) is 7.55. The van der Waals surface area contributed by atoms with E-state index in [-0.39, 0.29) is 0 Å². The molecule has 4 heterocycles. The van der Waals surface area contributed by atoms with Gasteiger partial charge >= 0.3 is 0 Å². The molecular weight excluding hydrogens is 374 g/mol. The van der Waals surface area contributed by atoms with E-state index in [1.54, 1.807) is 6.20 Å². The average molecular weight is 402 g/mol. The van der Waals surface area contributed by atoms with E-state index < -0.39 is 0 Å². The van der Waals surface area contributed by atoms with Crippen molar-refractivity contribution < 1.29 is 0 Å². The summed E-state index contributed by atoms with van der Waals surface area (Å²) in [5, 5.41) is 4.55. The van der Waals surface area contributed by atoms with Crippen LogP contribution in [0.15, 0.2) is 42.7 Å². The van der Waals surface area contributed by atoms with E-state index in [2.05, 4.69) is 56.8 Å². The van der Waals surface area contributed by atoms with Crippen LogP contribution in [0.5, 0.6) is 0 Å². The molecule has 1 aromatic carbocycles. The van der Waals surface area contributed by atoms with Crippen molar-refractivity contribution in [1.29, 1.82) is 0 Å². The second-order valence-corrected chi connectivity index (χ2v) is 8.03. The lowest BCUT2D eigenvalue weighted by Gasteiger charge is -2.34. The van der Waals surface area contributed by atoms with Gasteiger partial charge in [0.1, 0.15) is 11.6 Å². The largest absolute Gasteiger partial charge is 0.355 e. The van der Waals surface area contributed by atoms with Crippen molar-refractivity contribution in [3.05, 3.63) is 59.9 Å². The minimum Gasteiger partial charge on any atom is -0.355 e. The van der Waals surface area contributed by atoms with Crippen LogP contribution in [0.4, 0.5) is 5.82 Å². The molecule has 0 aliphatic carbocycles. The first-order chi connectivity index (χ1) is 14.6.